The van der Waals surface area contributed by atoms with E-state index in [4.69, 9.17) is 4.74 Å². The maximum atomic E-state index is 12.7. The van der Waals surface area contributed by atoms with Gasteiger partial charge >= 0.3 is 0 Å². The van der Waals surface area contributed by atoms with E-state index in [0.29, 0.717) is 12.4 Å². The van der Waals surface area contributed by atoms with E-state index in [1.54, 1.807) is 12.1 Å². The fourth-order valence-corrected chi connectivity index (χ4v) is 1.36. The molecule has 1 aromatic carbocycles. The van der Waals surface area contributed by atoms with Gasteiger partial charge in [0.2, 0.25) is 0 Å². The van der Waals surface area contributed by atoms with Crippen molar-refractivity contribution in [3.05, 3.63) is 30.1 Å². The van der Waals surface area contributed by atoms with Gasteiger partial charge in [0, 0.05) is 17.5 Å². The van der Waals surface area contributed by atoms with Gasteiger partial charge < -0.3 is 10.1 Å². The molecule has 0 heterocycles. The Labute approximate surface area is 110 Å². The molecule has 2 nitrogen and oxygen atoms in total. The van der Waals surface area contributed by atoms with Gasteiger partial charge in [-0.15, -0.1) is 0 Å². The number of nitrogens with one attached hydrogen (secondary N) is 1. The molecule has 0 aliphatic carbocycles. The zero-order valence-corrected chi connectivity index (χ0v) is 12.0. The van der Waals surface area contributed by atoms with Crippen LogP contribution in [0, 0.1) is 11.2 Å². The predicted octanol–water partition coefficient (Wildman–Crippen LogP) is 3.62. The van der Waals surface area contributed by atoms with Crippen LogP contribution in [0.3, 0.4) is 0 Å². The van der Waals surface area contributed by atoms with Gasteiger partial charge in [0.25, 0.3) is 0 Å². The van der Waals surface area contributed by atoms with Crippen molar-refractivity contribution in [1.82, 2.24) is 5.32 Å². The van der Waals surface area contributed by atoms with Crippen LogP contribution >= 0.6 is 0 Å². The third-order valence-electron chi connectivity index (χ3n) is 2.54. The fraction of sp³-hybridized carbons (Fsp3) is 0.600. The van der Waals surface area contributed by atoms with Crippen molar-refractivity contribution in [2.45, 2.75) is 40.2 Å². The molecule has 0 fully saturated rings. The minimum atomic E-state index is -0.240. The fourth-order valence-electron chi connectivity index (χ4n) is 1.36. The molecular formula is C15H24FNO. The maximum absolute atomic E-state index is 12.7. The molecule has 0 aliphatic rings. The number of ether oxygens (including phenoxy) is 1. The molecule has 3 heteroatoms. The monoisotopic (exact) mass is 253 g/mol. The minimum absolute atomic E-state index is 0.0294. The quantitative estimate of drug-likeness (QED) is 0.865. The number of halogens is 1. The molecule has 0 aliphatic heterocycles. The van der Waals surface area contributed by atoms with Crippen LogP contribution in [0.1, 0.15) is 34.6 Å². The van der Waals surface area contributed by atoms with E-state index in [9.17, 15) is 4.39 Å². The summed E-state index contributed by atoms with van der Waals surface area (Å²) in [6, 6.07) is 6.14. The van der Waals surface area contributed by atoms with Gasteiger partial charge in [0.1, 0.15) is 11.6 Å². The van der Waals surface area contributed by atoms with Gasteiger partial charge in [-0.3, -0.25) is 0 Å². The number of hydrogen-bond acceptors (Lipinski definition) is 2. The summed E-state index contributed by atoms with van der Waals surface area (Å²) in [4.78, 5) is 0. The maximum Gasteiger partial charge on any atom is 0.123 e. The normalized spacial score (nSPS) is 12.6. The molecule has 18 heavy (non-hydrogen) atoms. The summed E-state index contributed by atoms with van der Waals surface area (Å²) in [7, 11) is 0. The summed E-state index contributed by atoms with van der Waals surface area (Å²) in [5, 5.41) is 3.47. The van der Waals surface area contributed by atoms with Crippen molar-refractivity contribution < 1.29 is 9.13 Å². The summed E-state index contributed by atoms with van der Waals surface area (Å²) in [5.74, 6) is 0.469. The van der Waals surface area contributed by atoms with E-state index in [2.05, 4.69) is 39.9 Å². The summed E-state index contributed by atoms with van der Waals surface area (Å²) < 4.78 is 18.4. The Morgan fingerprint density at radius 2 is 1.61 bits per heavy atom. The third-order valence-corrected chi connectivity index (χ3v) is 2.54. The molecule has 0 atom stereocenters. The Kier molecular flexibility index (Phi) is 4.74. The summed E-state index contributed by atoms with van der Waals surface area (Å²) in [6.07, 6.45) is 0. The Morgan fingerprint density at radius 1 is 1.06 bits per heavy atom. The van der Waals surface area contributed by atoms with Gasteiger partial charge in [-0.2, -0.15) is 0 Å². The van der Waals surface area contributed by atoms with Gasteiger partial charge in [0.05, 0.1) is 6.61 Å². The van der Waals surface area contributed by atoms with Crippen LogP contribution < -0.4 is 10.1 Å². The van der Waals surface area contributed by atoms with E-state index < -0.39 is 0 Å². The second kappa shape index (κ2) is 5.70. The second-order valence-electron chi connectivity index (χ2n) is 6.51. The van der Waals surface area contributed by atoms with E-state index in [1.807, 2.05) is 0 Å². The summed E-state index contributed by atoms with van der Waals surface area (Å²) in [6.45, 7) is 12.2. The largest absolute Gasteiger partial charge is 0.493 e. The lowest BCUT2D eigenvalue weighted by atomic mass is 9.93. The average Bonchev–Trinajstić information content (AvgIpc) is 2.25. The van der Waals surface area contributed by atoms with Crippen LogP contribution in [0.5, 0.6) is 5.75 Å². The molecule has 0 unspecified atom stereocenters. The lowest BCUT2D eigenvalue weighted by Gasteiger charge is -2.30. The Hall–Kier alpha value is -1.09. The van der Waals surface area contributed by atoms with E-state index in [1.165, 1.54) is 12.1 Å². The minimum Gasteiger partial charge on any atom is -0.493 e. The van der Waals surface area contributed by atoms with Crippen LogP contribution in [-0.4, -0.2) is 18.7 Å². The molecular weight excluding hydrogens is 229 g/mol. The molecule has 0 aromatic heterocycles. The van der Waals surface area contributed by atoms with Crippen LogP contribution in [0.2, 0.25) is 0 Å². The lowest BCUT2D eigenvalue weighted by molar-refractivity contribution is 0.165. The predicted molar refractivity (Wildman–Crippen MR) is 73.4 cm³/mol. The first kappa shape index (κ1) is 15.0. The number of benzene rings is 1. The van der Waals surface area contributed by atoms with E-state index >= 15 is 0 Å². The highest BCUT2D eigenvalue weighted by Crippen LogP contribution is 2.19. The van der Waals surface area contributed by atoms with Gasteiger partial charge in [-0.05, 0) is 45.0 Å². The molecule has 0 saturated carbocycles. The van der Waals surface area contributed by atoms with Crippen molar-refractivity contribution in [2.24, 2.45) is 5.41 Å². The highest BCUT2D eigenvalue weighted by Gasteiger charge is 2.21. The van der Waals surface area contributed by atoms with Crippen molar-refractivity contribution in [2.75, 3.05) is 13.2 Å². The number of hydrogen-bond donors (Lipinski definition) is 1. The van der Waals surface area contributed by atoms with Crippen molar-refractivity contribution in [1.29, 1.82) is 0 Å². The van der Waals surface area contributed by atoms with E-state index in [-0.39, 0.29) is 16.8 Å². The topological polar surface area (TPSA) is 21.3 Å². The van der Waals surface area contributed by atoms with Gasteiger partial charge in [0.15, 0.2) is 0 Å². The smallest absolute Gasteiger partial charge is 0.123 e. The van der Waals surface area contributed by atoms with Gasteiger partial charge in [-0.25, -0.2) is 4.39 Å². The zero-order chi connectivity index (χ0) is 13.8. The first-order valence-corrected chi connectivity index (χ1v) is 6.31. The second-order valence-corrected chi connectivity index (χ2v) is 6.51. The Morgan fingerprint density at radius 3 is 2.11 bits per heavy atom. The number of rotatable bonds is 5. The van der Waals surface area contributed by atoms with Crippen LogP contribution in [-0.2, 0) is 0 Å². The molecule has 102 valence electrons. The molecule has 1 rings (SSSR count). The molecule has 0 amide bonds. The molecule has 0 bridgehead atoms. The lowest BCUT2D eigenvalue weighted by Crippen LogP contribution is -2.43. The molecule has 1 aromatic rings. The molecule has 1 N–H and O–H groups in total. The van der Waals surface area contributed by atoms with Gasteiger partial charge in [-0.1, -0.05) is 13.8 Å². The standard InChI is InChI=1S/C15H24FNO/c1-14(2,3)17-10-15(4,5)11-18-13-8-6-12(16)7-9-13/h6-9,17H,10-11H2,1-5H3. The van der Waals surface area contributed by atoms with Crippen LogP contribution in [0.4, 0.5) is 4.39 Å². The van der Waals surface area contributed by atoms with Crippen molar-refractivity contribution >= 4 is 0 Å². The first-order chi connectivity index (χ1) is 8.18. The third kappa shape index (κ3) is 6.01. The Bertz CT molecular complexity index is 365. The van der Waals surface area contributed by atoms with Crippen LogP contribution in [0.25, 0.3) is 0 Å². The SMILES string of the molecule is CC(C)(CNC(C)(C)C)COc1ccc(F)cc1. The molecule has 0 saturated heterocycles. The zero-order valence-electron chi connectivity index (χ0n) is 12.0. The summed E-state index contributed by atoms with van der Waals surface area (Å²) in [5.41, 5.74) is 0.134. The average molecular weight is 253 g/mol. The van der Waals surface area contributed by atoms with Crippen LogP contribution in [0.15, 0.2) is 24.3 Å². The van der Waals surface area contributed by atoms with Crippen molar-refractivity contribution in [3.63, 3.8) is 0 Å². The Balaban J connectivity index is 2.43. The molecule has 0 spiro atoms. The van der Waals surface area contributed by atoms with E-state index in [0.717, 1.165) is 6.54 Å². The summed E-state index contributed by atoms with van der Waals surface area (Å²) >= 11 is 0. The highest BCUT2D eigenvalue weighted by atomic mass is 19.1. The molecule has 0 radical (unpaired) electrons. The first-order valence-electron chi connectivity index (χ1n) is 6.31. The highest BCUT2D eigenvalue weighted by molar-refractivity contribution is 5.22. The van der Waals surface area contributed by atoms with Crippen molar-refractivity contribution in [3.8, 4) is 5.75 Å².